The maximum absolute atomic E-state index is 12.4. The van der Waals surface area contributed by atoms with Crippen LogP contribution in [0.5, 0.6) is 0 Å². The molecule has 0 amide bonds. The van der Waals surface area contributed by atoms with Crippen LogP contribution in [0.25, 0.3) is 0 Å². The molecule has 0 radical (unpaired) electrons. The second-order valence-electron chi connectivity index (χ2n) is 13.6. The second kappa shape index (κ2) is 36.2. The average Bonchev–Trinajstić information content (AvgIpc) is 3.04. The van der Waals surface area contributed by atoms with Gasteiger partial charge in [0.05, 0.1) is 6.61 Å². The Morgan fingerprint density at radius 2 is 0.848 bits per heavy atom. The van der Waals surface area contributed by atoms with E-state index >= 15 is 0 Å². The van der Waals surface area contributed by atoms with Crippen LogP contribution in [0.2, 0.25) is 0 Å². The number of nitrogens with zero attached hydrogens (tertiary/aromatic N) is 1. The van der Waals surface area contributed by atoms with E-state index in [0.717, 1.165) is 25.7 Å². The van der Waals surface area contributed by atoms with Crippen LogP contribution >= 0.6 is 0 Å². The molecule has 0 aliphatic carbocycles. The number of unbranched alkanes of at least 4 members (excludes halogenated alkanes) is 22. The van der Waals surface area contributed by atoms with E-state index in [9.17, 15) is 9.59 Å². The highest BCUT2D eigenvalue weighted by atomic mass is 16.6. The van der Waals surface area contributed by atoms with Crippen LogP contribution < -0.4 is 0 Å². The standard InChI is InChI=1S/C41H77NO4/c1-5-7-9-11-13-15-17-19-21-23-25-27-29-31-33-35-40(43)45-38-37-39(42(3)4)46-41(44)36-34-32-30-28-26-24-22-20-18-16-14-12-10-8-6-2/h19-22,39H,5-18,23-38H2,1-4H3/b21-19-,22-20-. The molecule has 0 rings (SSSR count). The summed E-state index contributed by atoms with van der Waals surface area (Å²) in [7, 11) is 3.79. The van der Waals surface area contributed by atoms with Crippen LogP contribution in [0.15, 0.2) is 24.3 Å². The number of allylic oxidation sites excluding steroid dienone is 4. The van der Waals surface area contributed by atoms with Crippen LogP contribution in [-0.4, -0.2) is 43.8 Å². The number of rotatable bonds is 35. The van der Waals surface area contributed by atoms with Gasteiger partial charge in [0, 0.05) is 19.3 Å². The number of carbonyl (C=O) groups excluding carboxylic acids is 2. The summed E-state index contributed by atoms with van der Waals surface area (Å²) in [5.74, 6) is -0.300. The Morgan fingerprint density at radius 3 is 1.24 bits per heavy atom. The molecule has 1 unspecified atom stereocenters. The lowest BCUT2D eigenvalue weighted by atomic mass is 10.1. The Balaban J connectivity index is 3.67. The van der Waals surface area contributed by atoms with Crippen molar-refractivity contribution < 1.29 is 19.1 Å². The molecule has 0 aromatic carbocycles. The summed E-state index contributed by atoms with van der Waals surface area (Å²) in [5, 5.41) is 0. The fraction of sp³-hybridized carbons (Fsp3) is 0.854. The van der Waals surface area contributed by atoms with Crippen molar-refractivity contribution in [3.05, 3.63) is 24.3 Å². The summed E-state index contributed by atoms with van der Waals surface area (Å²) in [4.78, 5) is 26.4. The predicted octanol–water partition coefficient (Wildman–Crippen LogP) is 12.4. The first-order valence-electron chi connectivity index (χ1n) is 19.8. The topological polar surface area (TPSA) is 55.8 Å². The van der Waals surface area contributed by atoms with Crippen LogP contribution in [0.4, 0.5) is 0 Å². The van der Waals surface area contributed by atoms with Gasteiger partial charge in [0.15, 0.2) is 6.23 Å². The maximum atomic E-state index is 12.4. The number of esters is 2. The van der Waals surface area contributed by atoms with Gasteiger partial charge < -0.3 is 9.47 Å². The molecule has 0 spiro atoms. The lowest BCUT2D eigenvalue weighted by Crippen LogP contribution is -2.34. The van der Waals surface area contributed by atoms with Crippen molar-refractivity contribution in [2.75, 3.05) is 20.7 Å². The first-order valence-corrected chi connectivity index (χ1v) is 19.8. The molecule has 0 aromatic heterocycles. The van der Waals surface area contributed by atoms with Gasteiger partial charge in [0.1, 0.15) is 0 Å². The molecular formula is C41H77NO4. The number of ether oxygens (including phenoxy) is 2. The zero-order valence-electron chi connectivity index (χ0n) is 31.2. The molecule has 0 bridgehead atoms. The van der Waals surface area contributed by atoms with Gasteiger partial charge in [0.2, 0.25) is 0 Å². The van der Waals surface area contributed by atoms with E-state index in [1.165, 1.54) is 141 Å². The normalized spacial score (nSPS) is 12.5. The highest BCUT2D eigenvalue weighted by Crippen LogP contribution is 2.13. The van der Waals surface area contributed by atoms with Crippen molar-refractivity contribution >= 4 is 11.9 Å². The van der Waals surface area contributed by atoms with E-state index in [2.05, 4.69) is 38.2 Å². The SMILES string of the molecule is CCCCCCCC/C=C\CCCCCCCC(=O)OCCC(OC(=O)CCCCCCC/C=C\CCCCCCCC)N(C)C. The van der Waals surface area contributed by atoms with E-state index in [4.69, 9.17) is 9.47 Å². The van der Waals surface area contributed by atoms with Crippen LogP contribution in [0.1, 0.15) is 200 Å². The van der Waals surface area contributed by atoms with E-state index < -0.39 is 0 Å². The molecule has 0 heterocycles. The smallest absolute Gasteiger partial charge is 0.307 e. The van der Waals surface area contributed by atoms with E-state index in [-0.39, 0.29) is 24.8 Å². The van der Waals surface area contributed by atoms with Gasteiger partial charge in [-0.2, -0.15) is 0 Å². The van der Waals surface area contributed by atoms with Gasteiger partial charge in [-0.15, -0.1) is 0 Å². The van der Waals surface area contributed by atoms with Crippen LogP contribution in [-0.2, 0) is 19.1 Å². The van der Waals surface area contributed by atoms with E-state index in [0.29, 0.717) is 19.3 Å². The Hall–Kier alpha value is -1.62. The molecule has 0 saturated heterocycles. The fourth-order valence-corrected chi connectivity index (χ4v) is 5.66. The molecule has 5 nitrogen and oxygen atoms in total. The number of hydrogen-bond acceptors (Lipinski definition) is 5. The molecule has 0 aliphatic heterocycles. The summed E-state index contributed by atoms with van der Waals surface area (Å²) in [6.45, 7) is 4.82. The highest BCUT2D eigenvalue weighted by Gasteiger charge is 2.17. The molecule has 46 heavy (non-hydrogen) atoms. The minimum absolute atomic E-state index is 0.144. The summed E-state index contributed by atoms with van der Waals surface area (Å²) in [5.41, 5.74) is 0. The van der Waals surface area contributed by atoms with Crippen LogP contribution in [0.3, 0.4) is 0 Å². The van der Waals surface area contributed by atoms with Gasteiger partial charge >= 0.3 is 11.9 Å². The third-order valence-corrected chi connectivity index (χ3v) is 8.76. The molecule has 0 N–H and O–H groups in total. The number of carbonyl (C=O) groups is 2. The van der Waals surface area contributed by atoms with Crippen molar-refractivity contribution in [1.82, 2.24) is 4.90 Å². The molecule has 0 fully saturated rings. The fourth-order valence-electron chi connectivity index (χ4n) is 5.66. The van der Waals surface area contributed by atoms with Gasteiger partial charge in [0.25, 0.3) is 0 Å². The van der Waals surface area contributed by atoms with Gasteiger partial charge in [-0.3, -0.25) is 14.5 Å². The summed E-state index contributed by atoms with van der Waals surface area (Å²) >= 11 is 0. The number of hydrogen-bond donors (Lipinski definition) is 0. The largest absolute Gasteiger partial charge is 0.465 e. The Labute approximate surface area is 286 Å². The first-order chi connectivity index (χ1) is 22.5. The zero-order valence-corrected chi connectivity index (χ0v) is 31.2. The van der Waals surface area contributed by atoms with Gasteiger partial charge in [-0.05, 0) is 78.3 Å². The van der Waals surface area contributed by atoms with Crippen molar-refractivity contribution in [2.45, 2.75) is 206 Å². The monoisotopic (exact) mass is 648 g/mol. The quantitative estimate of drug-likeness (QED) is 0.0296. The third-order valence-electron chi connectivity index (χ3n) is 8.76. The van der Waals surface area contributed by atoms with E-state index in [1.807, 2.05) is 19.0 Å². The Bertz CT molecular complexity index is 717. The Kier molecular flexibility index (Phi) is 34.9. The maximum Gasteiger partial charge on any atom is 0.307 e. The van der Waals surface area contributed by atoms with Crippen molar-refractivity contribution in [3.63, 3.8) is 0 Å². The van der Waals surface area contributed by atoms with Crippen molar-refractivity contribution in [3.8, 4) is 0 Å². The van der Waals surface area contributed by atoms with Crippen LogP contribution in [0, 0.1) is 0 Å². The molecule has 5 heteroatoms. The Morgan fingerprint density at radius 1 is 0.500 bits per heavy atom. The van der Waals surface area contributed by atoms with Crippen molar-refractivity contribution in [1.29, 1.82) is 0 Å². The molecule has 1 atom stereocenters. The minimum atomic E-state index is -0.358. The molecule has 0 aromatic rings. The summed E-state index contributed by atoms with van der Waals surface area (Å²) < 4.78 is 11.1. The second-order valence-corrected chi connectivity index (χ2v) is 13.6. The van der Waals surface area contributed by atoms with Crippen molar-refractivity contribution in [2.24, 2.45) is 0 Å². The average molecular weight is 648 g/mol. The molecule has 0 saturated carbocycles. The summed E-state index contributed by atoms with van der Waals surface area (Å²) in [6.07, 6.45) is 42.8. The highest BCUT2D eigenvalue weighted by molar-refractivity contribution is 5.69. The van der Waals surface area contributed by atoms with E-state index in [1.54, 1.807) is 0 Å². The predicted molar refractivity (Wildman–Crippen MR) is 198 cm³/mol. The summed E-state index contributed by atoms with van der Waals surface area (Å²) in [6, 6.07) is 0. The molecular weight excluding hydrogens is 570 g/mol. The minimum Gasteiger partial charge on any atom is -0.465 e. The van der Waals surface area contributed by atoms with Gasteiger partial charge in [-0.1, -0.05) is 141 Å². The van der Waals surface area contributed by atoms with Gasteiger partial charge in [-0.25, -0.2) is 0 Å². The third kappa shape index (κ3) is 33.7. The molecule has 270 valence electrons. The molecule has 0 aliphatic rings. The lowest BCUT2D eigenvalue weighted by Gasteiger charge is -2.24. The first kappa shape index (κ1) is 44.4. The lowest BCUT2D eigenvalue weighted by molar-refractivity contribution is -0.159. The zero-order chi connectivity index (χ0) is 33.8.